The van der Waals surface area contributed by atoms with Crippen molar-refractivity contribution < 1.29 is 19.2 Å². The summed E-state index contributed by atoms with van der Waals surface area (Å²) in [5.41, 5.74) is 4.45. The summed E-state index contributed by atoms with van der Waals surface area (Å²) in [5, 5.41) is 0.531. The Balaban J connectivity index is 1.24. The highest BCUT2D eigenvalue weighted by molar-refractivity contribution is 6.30. The highest BCUT2D eigenvalue weighted by Gasteiger charge is 2.30. The molecule has 4 amide bonds. The Morgan fingerprint density at radius 3 is 2.00 bits per heavy atom. The number of carbonyl (C=O) groups is 4. The summed E-state index contributed by atoms with van der Waals surface area (Å²) >= 11 is 6.05. The molecule has 3 aromatic carbocycles. The number of anilines is 1. The minimum absolute atomic E-state index is 0.0279. The van der Waals surface area contributed by atoms with E-state index in [2.05, 4.69) is 11.9 Å². The van der Waals surface area contributed by atoms with Crippen LogP contribution in [-0.2, 0) is 29.1 Å². The van der Waals surface area contributed by atoms with Gasteiger partial charge in [0.05, 0.1) is 6.54 Å². The van der Waals surface area contributed by atoms with E-state index in [4.69, 9.17) is 11.6 Å². The quantitative estimate of drug-likeness (QED) is 0.361. The Hall–Kier alpha value is -4.47. The van der Waals surface area contributed by atoms with Gasteiger partial charge in [-0.3, -0.25) is 19.2 Å². The minimum atomic E-state index is -0.251. The van der Waals surface area contributed by atoms with Crippen molar-refractivity contribution in [2.24, 2.45) is 0 Å². The first-order valence-electron chi connectivity index (χ1n) is 15.7. The Bertz CT molecular complexity index is 1640. The molecule has 3 aromatic rings. The van der Waals surface area contributed by atoms with E-state index in [1.165, 1.54) is 0 Å². The number of carbonyl (C=O) groups excluding carboxylic acids is 4. The van der Waals surface area contributed by atoms with Gasteiger partial charge in [-0.2, -0.15) is 0 Å². The second-order valence-electron chi connectivity index (χ2n) is 12.2. The number of amides is 4. The fourth-order valence-electron chi connectivity index (χ4n) is 6.11. The van der Waals surface area contributed by atoms with Crippen molar-refractivity contribution in [3.05, 3.63) is 112 Å². The lowest BCUT2D eigenvalue weighted by molar-refractivity contribution is -0.132. The second-order valence-corrected chi connectivity index (χ2v) is 12.6. The molecule has 0 atom stereocenters. The number of hydrogen-bond donors (Lipinski definition) is 0. The number of rotatable bonds is 7. The van der Waals surface area contributed by atoms with Crippen LogP contribution < -0.4 is 4.90 Å². The van der Waals surface area contributed by atoms with Crippen LogP contribution in [0.25, 0.3) is 0 Å². The first-order chi connectivity index (χ1) is 22.2. The molecule has 0 aliphatic carbocycles. The summed E-state index contributed by atoms with van der Waals surface area (Å²) in [5.74, 6) is -0.358. The lowest BCUT2D eigenvalue weighted by atomic mass is 10.0. The molecule has 0 unspecified atom stereocenters. The van der Waals surface area contributed by atoms with Gasteiger partial charge >= 0.3 is 0 Å². The molecule has 0 saturated carbocycles. The lowest BCUT2D eigenvalue weighted by Crippen LogP contribution is -2.47. The number of piperazine rings is 1. The van der Waals surface area contributed by atoms with E-state index in [1.54, 1.807) is 51.1 Å². The van der Waals surface area contributed by atoms with Crippen LogP contribution in [0.1, 0.15) is 43.8 Å². The van der Waals surface area contributed by atoms with E-state index in [1.807, 2.05) is 47.4 Å². The van der Waals surface area contributed by atoms with Gasteiger partial charge in [0.25, 0.3) is 11.8 Å². The number of benzene rings is 3. The van der Waals surface area contributed by atoms with Gasteiger partial charge in [0, 0.05) is 74.1 Å². The summed E-state index contributed by atoms with van der Waals surface area (Å²) in [7, 11) is 2.06. The van der Waals surface area contributed by atoms with Crippen molar-refractivity contribution in [1.29, 1.82) is 0 Å². The van der Waals surface area contributed by atoms with Gasteiger partial charge in [-0.25, -0.2) is 0 Å². The SMILES string of the molecule is CN1CCN(C(=O)CCc2ccc3c(c2)N(Cc2ccc(C(=O)N4CC=CC4)cc2)C(=O)CN(C(=O)c2ccc(Cl)cc2)C3)CC1. The van der Waals surface area contributed by atoms with Gasteiger partial charge in [-0.05, 0) is 72.6 Å². The Morgan fingerprint density at radius 1 is 0.717 bits per heavy atom. The van der Waals surface area contributed by atoms with Crippen LogP contribution in [-0.4, -0.2) is 96.1 Å². The molecule has 0 N–H and O–H groups in total. The molecule has 0 aromatic heterocycles. The summed E-state index contributed by atoms with van der Waals surface area (Å²) in [6, 6.07) is 20.0. The molecular formula is C36H38ClN5O4. The topological polar surface area (TPSA) is 84.5 Å². The first kappa shape index (κ1) is 31.5. The summed E-state index contributed by atoms with van der Waals surface area (Å²) in [6.45, 7) is 4.87. The molecule has 3 aliphatic heterocycles. The molecule has 10 heteroatoms. The molecule has 6 rings (SSSR count). The number of aryl methyl sites for hydroxylation is 1. The third kappa shape index (κ3) is 7.16. The Kier molecular flexibility index (Phi) is 9.51. The summed E-state index contributed by atoms with van der Waals surface area (Å²) in [6.07, 6.45) is 4.90. The molecule has 1 saturated heterocycles. The average molecular weight is 640 g/mol. The molecule has 0 spiro atoms. The van der Waals surface area contributed by atoms with Crippen molar-refractivity contribution in [2.75, 3.05) is 57.8 Å². The van der Waals surface area contributed by atoms with Crippen molar-refractivity contribution in [2.45, 2.75) is 25.9 Å². The van der Waals surface area contributed by atoms with Crippen molar-refractivity contribution in [1.82, 2.24) is 19.6 Å². The molecule has 9 nitrogen and oxygen atoms in total. The van der Waals surface area contributed by atoms with Crippen molar-refractivity contribution in [3.63, 3.8) is 0 Å². The normalized spacial score (nSPS) is 16.9. The van der Waals surface area contributed by atoms with Gasteiger partial charge in [-0.1, -0.05) is 48.0 Å². The van der Waals surface area contributed by atoms with Gasteiger partial charge in [0.2, 0.25) is 11.8 Å². The van der Waals surface area contributed by atoms with E-state index < -0.39 is 0 Å². The molecule has 1 fully saturated rings. The van der Waals surface area contributed by atoms with E-state index >= 15 is 0 Å². The summed E-state index contributed by atoms with van der Waals surface area (Å²) < 4.78 is 0. The zero-order valence-corrected chi connectivity index (χ0v) is 26.8. The van der Waals surface area contributed by atoms with Gasteiger partial charge in [-0.15, -0.1) is 0 Å². The van der Waals surface area contributed by atoms with Crippen molar-refractivity contribution >= 4 is 40.9 Å². The average Bonchev–Trinajstić information content (AvgIpc) is 3.58. The van der Waals surface area contributed by atoms with Crippen LogP contribution in [0, 0.1) is 0 Å². The molecule has 46 heavy (non-hydrogen) atoms. The molecule has 3 aliphatic rings. The predicted octanol–water partition coefficient (Wildman–Crippen LogP) is 4.25. The monoisotopic (exact) mass is 639 g/mol. The zero-order valence-electron chi connectivity index (χ0n) is 26.0. The molecule has 0 radical (unpaired) electrons. The lowest BCUT2D eigenvalue weighted by Gasteiger charge is -2.32. The zero-order chi connectivity index (χ0) is 32.2. The minimum Gasteiger partial charge on any atom is -0.340 e. The maximum absolute atomic E-state index is 13.9. The fraction of sp³-hybridized carbons (Fsp3) is 0.333. The Labute approximate surface area is 274 Å². The van der Waals surface area contributed by atoms with Crippen molar-refractivity contribution in [3.8, 4) is 0 Å². The molecular weight excluding hydrogens is 602 g/mol. The van der Waals surface area contributed by atoms with E-state index in [-0.39, 0.29) is 43.3 Å². The van der Waals surface area contributed by atoms with E-state index in [0.717, 1.165) is 48.6 Å². The number of nitrogens with zero attached hydrogens (tertiary/aromatic N) is 5. The van der Waals surface area contributed by atoms with Gasteiger partial charge in [0.15, 0.2) is 0 Å². The largest absolute Gasteiger partial charge is 0.340 e. The van der Waals surface area contributed by atoms with Crippen LogP contribution >= 0.6 is 11.6 Å². The van der Waals surface area contributed by atoms with E-state index in [9.17, 15) is 19.2 Å². The number of likely N-dealkylation sites (N-methyl/N-ethyl adjacent to an activating group) is 1. The third-order valence-electron chi connectivity index (χ3n) is 8.94. The highest BCUT2D eigenvalue weighted by atomic mass is 35.5. The van der Waals surface area contributed by atoms with Gasteiger partial charge in [0.1, 0.15) is 6.54 Å². The van der Waals surface area contributed by atoms with Crippen LogP contribution in [0.2, 0.25) is 5.02 Å². The smallest absolute Gasteiger partial charge is 0.254 e. The molecule has 3 heterocycles. The van der Waals surface area contributed by atoms with Gasteiger partial charge < -0.3 is 24.5 Å². The third-order valence-corrected chi connectivity index (χ3v) is 9.19. The van der Waals surface area contributed by atoms with Crippen LogP contribution in [0.4, 0.5) is 5.69 Å². The molecule has 238 valence electrons. The number of halogens is 1. The highest BCUT2D eigenvalue weighted by Crippen LogP contribution is 2.30. The fourth-order valence-corrected chi connectivity index (χ4v) is 6.24. The first-order valence-corrected chi connectivity index (χ1v) is 16.1. The maximum Gasteiger partial charge on any atom is 0.254 e. The van der Waals surface area contributed by atoms with Crippen LogP contribution in [0.3, 0.4) is 0 Å². The molecule has 0 bridgehead atoms. The Morgan fingerprint density at radius 2 is 1.33 bits per heavy atom. The summed E-state index contributed by atoms with van der Waals surface area (Å²) in [4.78, 5) is 62.5. The van der Waals surface area contributed by atoms with E-state index in [0.29, 0.717) is 42.1 Å². The predicted molar refractivity (Wildman–Crippen MR) is 178 cm³/mol. The maximum atomic E-state index is 13.9. The number of hydrogen-bond acceptors (Lipinski definition) is 5. The van der Waals surface area contributed by atoms with Crippen LogP contribution in [0.5, 0.6) is 0 Å². The second kappa shape index (κ2) is 13.9. The van der Waals surface area contributed by atoms with Crippen LogP contribution in [0.15, 0.2) is 78.9 Å². The number of fused-ring (bicyclic) bond motifs is 1. The standard InChI is InChI=1S/C36H38ClN5O4/c1-38-18-20-39(21-19-38)33(43)15-7-26-4-10-30-24-41(36(46)29-11-13-31(37)14-12-29)25-34(44)42(32(30)22-26)23-27-5-8-28(9-6-27)35(45)40-16-2-3-17-40/h2-6,8-14,22H,7,15-21,23-25H2,1H3.